The van der Waals surface area contributed by atoms with Crippen LogP contribution in [0.2, 0.25) is 0 Å². The molecule has 1 atom stereocenters. The van der Waals surface area contributed by atoms with Gasteiger partial charge in [0, 0.05) is 38.6 Å². The number of nitrogens with one attached hydrogen (secondary N) is 1. The third-order valence-corrected chi connectivity index (χ3v) is 3.25. The van der Waals surface area contributed by atoms with Gasteiger partial charge in [-0.2, -0.15) is 0 Å². The molecule has 0 aromatic carbocycles. The van der Waals surface area contributed by atoms with Gasteiger partial charge in [-0.3, -0.25) is 4.79 Å². The summed E-state index contributed by atoms with van der Waals surface area (Å²) >= 11 is 0. The lowest BCUT2D eigenvalue weighted by atomic mass is 10.1. The van der Waals surface area contributed by atoms with Crippen molar-refractivity contribution in [1.82, 2.24) is 15.1 Å². The lowest BCUT2D eigenvalue weighted by Gasteiger charge is -2.35. The van der Waals surface area contributed by atoms with Crippen LogP contribution in [0.5, 0.6) is 0 Å². The summed E-state index contributed by atoms with van der Waals surface area (Å²) in [5.74, 6) is 0.407. The minimum atomic E-state index is 0.105. The molecule has 0 radical (unpaired) electrons. The van der Waals surface area contributed by atoms with Crippen LogP contribution in [0.4, 0.5) is 0 Å². The Hall–Kier alpha value is -0.610. The number of carbonyl (C=O) groups is 1. The smallest absolute Gasteiger partial charge is 0.226 e. The first-order chi connectivity index (χ1) is 7.69. The number of nitrogens with zero attached hydrogens (tertiary/aromatic N) is 2. The molecular weight excluding hydrogens is 202 g/mol. The maximum atomic E-state index is 12.1. The number of likely N-dealkylation sites (N-methyl/N-ethyl adjacent to an activating group) is 1. The zero-order chi connectivity index (χ0) is 12.0. The van der Waals surface area contributed by atoms with Crippen LogP contribution in [0.25, 0.3) is 0 Å². The minimum Gasteiger partial charge on any atom is -0.340 e. The molecule has 1 N–H and O–H groups in total. The topological polar surface area (TPSA) is 35.6 Å². The van der Waals surface area contributed by atoms with Crippen molar-refractivity contribution in [3.05, 3.63) is 0 Å². The molecule has 1 fully saturated rings. The molecule has 0 spiro atoms. The third-order valence-electron chi connectivity index (χ3n) is 3.25. The second kappa shape index (κ2) is 6.86. The SMILES string of the molecule is CCNCC(C)C(=O)N1CCN(CC)CC1. The molecule has 1 amide bonds. The van der Waals surface area contributed by atoms with Crippen molar-refractivity contribution in [3.63, 3.8) is 0 Å². The van der Waals surface area contributed by atoms with E-state index in [1.165, 1.54) is 0 Å². The molecule has 1 heterocycles. The predicted molar refractivity (Wildman–Crippen MR) is 66.4 cm³/mol. The summed E-state index contributed by atoms with van der Waals surface area (Å²) in [6.45, 7) is 12.9. The number of amides is 1. The predicted octanol–water partition coefficient (Wildman–Crippen LogP) is 0.396. The van der Waals surface area contributed by atoms with E-state index < -0.39 is 0 Å². The molecule has 1 rings (SSSR count). The van der Waals surface area contributed by atoms with Crippen LogP contribution in [0.3, 0.4) is 0 Å². The molecule has 1 aliphatic rings. The number of hydrogen-bond acceptors (Lipinski definition) is 3. The largest absolute Gasteiger partial charge is 0.340 e. The Morgan fingerprint density at radius 1 is 1.25 bits per heavy atom. The van der Waals surface area contributed by atoms with Crippen molar-refractivity contribution in [2.75, 3.05) is 45.8 Å². The molecular formula is C12H25N3O. The number of rotatable bonds is 5. The summed E-state index contributed by atoms with van der Waals surface area (Å²) in [6.07, 6.45) is 0. The fraction of sp³-hybridized carbons (Fsp3) is 0.917. The van der Waals surface area contributed by atoms with Gasteiger partial charge in [0.05, 0.1) is 0 Å². The van der Waals surface area contributed by atoms with E-state index in [2.05, 4.69) is 24.1 Å². The summed E-state index contributed by atoms with van der Waals surface area (Å²) in [5.41, 5.74) is 0. The van der Waals surface area contributed by atoms with Gasteiger partial charge in [-0.15, -0.1) is 0 Å². The van der Waals surface area contributed by atoms with Gasteiger partial charge in [-0.05, 0) is 13.1 Å². The highest BCUT2D eigenvalue weighted by molar-refractivity contribution is 5.78. The van der Waals surface area contributed by atoms with E-state index in [9.17, 15) is 4.79 Å². The zero-order valence-corrected chi connectivity index (χ0v) is 10.8. The van der Waals surface area contributed by atoms with E-state index in [0.717, 1.165) is 45.8 Å². The van der Waals surface area contributed by atoms with Gasteiger partial charge in [0.15, 0.2) is 0 Å². The highest BCUT2D eigenvalue weighted by Crippen LogP contribution is 2.06. The Balaban J connectivity index is 2.32. The first-order valence-electron chi connectivity index (χ1n) is 6.40. The van der Waals surface area contributed by atoms with Crippen molar-refractivity contribution in [2.24, 2.45) is 5.92 Å². The number of hydrogen-bond donors (Lipinski definition) is 1. The van der Waals surface area contributed by atoms with Crippen LogP contribution in [0, 0.1) is 5.92 Å². The average Bonchev–Trinajstić information content (AvgIpc) is 2.35. The van der Waals surface area contributed by atoms with Crippen LogP contribution in [0.15, 0.2) is 0 Å². The monoisotopic (exact) mass is 227 g/mol. The van der Waals surface area contributed by atoms with Gasteiger partial charge in [-0.1, -0.05) is 20.8 Å². The summed E-state index contributed by atoms with van der Waals surface area (Å²) < 4.78 is 0. The molecule has 0 saturated carbocycles. The van der Waals surface area contributed by atoms with Crippen molar-refractivity contribution in [2.45, 2.75) is 20.8 Å². The van der Waals surface area contributed by atoms with Gasteiger partial charge in [0.2, 0.25) is 5.91 Å². The fourth-order valence-electron chi connectivity index (χ4n) is 2.04. The van der Waals surface area contributed by atoms with Crippen LogP contribution >= 0.6 is 0 Å². The average molecular weight is 227 g/mol. The first-order valence-corrected chi connectivity index (χ1v) is 6.40. The summed E-state index contributed by atoms with van der Waals surface area (Å²) in [5, 5.41) is 3.23. The molecule has 1 unspecified atom stereocenters. The second-order valence-electron chi connectivity index (χ2n) is 4.47. The van der Waals surface area contributed by atoms with Gasteiger partial charge >= 0.3 is 0 Å². The van der Waals surface area contributed by atoms with Crippen molar-refractivity contribution < 1.29 is 4.79 Å². The Labute approximate surface area is 99.0 Å². The molecule has 0 aromatic heterocycles. The Bertz CT molecular complexity index is 212. The van der Waals surface area contributed by atoms with Gasteiger partial charge in [0.1, 0.15) is 0 Å². The highest BCUT2D eigenvalue weighted by Gasteiger charge is 2.23. The molecule has 4 heteroatoms. The van der Waals surface area contributed by atoms with Gasteiger partial charge < -0.3 is 15.1 Å². The van der Waals surface area contributed by atoms with Crippen molar-refractivity contribution in [1.29, 1.82) is 0 Å². The lowest BCUT2D eigenvalue weighted by Crippen LogP contribution is -2.50. The molecule has 16 heavy (non-hydrogen) atoms. The summed E-state index contributed by atoms with van der Waals surface area (Å²) in [7, 11) is 0. The van der Waals surface area contributed by atoms with Crippen molar-refractivity contribution >= 4 is 5.91 Å². The van der Waals surface area contributed by atoms with E-state index in [1.807, 2.05) is 11.8 Å². The van der Waals surface area contributed by atoms with Crippen molar-refractivity contribution in [3.8, 4) is 0 Å². The van der Waals surface area contributed by atoms with E-state index in [0.29, 0.717) is 5.91 Å². The van der Waals surface area contributed by atoms with E-state index in [1.54, 1.807) is 0 Å². The first kappa shape index (κ1) is 13.5. The van der Waals surface area contributed by atoms with Crippen LogP contribution in [0.1, 0.15) is 20.8 Å². The van der Waals surface area contributed by atoms with Crippen LogP contribution in [-0.2, 0) is 4.79 Å². The lowest BCUT2D eigenvalue weighted by molar-refractivity contribution is -0.136. The number of piperazine rings is 1. The summed E-state index contributed by atoms with van der Waals surface area (Å²) in [4.78, 5) is 16.5. The van der Waals surface area contributed by atoms with E-state index in [4.69, 9.17) is 0 Å². The second-order valence-corrected chi connectivity index (χ2v) is 4.47. The van der Waals surface area contributed by atoms with E-state index in [-0.39, 0.29) is 5.92 Å². The van der Waals surface area contributed by atoms with Gasteiger partial charge in [0.25, 0.3) is 0 Å². The third kappa shape index (κ3) is 3.76. The molecule has 0 aliphatic carbocycles. The van der Waals surface area contributed by atoms with Crippen LogP contribution in [-0.4, -0.2) is 61.5 Å². The Kier molecular flexibility index (Phi) is 5.77. The molecule has 1 aliphatic heterocycles. The van der Waals surface area contributed by atoms with Gasteiger partial charge in [-0.25, -0.2) is 0 Å². The Morgan fingerprint density at radius 2 is 1.88 bits per heavy atom. The minimum absolute atomic E-state index is 0.105. The highest BCUT2D eigenvalue weighted by atomic mass is 16.2. The van der Waals surface area contributed by atoms with Crippen LogP contribution < -0.4 is 5.32 Å². The maximum absolute atomic E-state index is 12.1. The maximum Gasteiger partial charge on any atom is 0.226 e. The molecule has 94 valence electrons. The number of carbonyl (C=O) groups excluding carboxylic acids is 1. The quantitative estimate of drug-likeness (QED) is 0.738. The molecule has 4 nitrogen and oxygen atoms in total. The molecule has 0 aromatic rings. The summed E-state index contributed by atoms with van der Waals surface area (Å²) in [6, 6.07) is 0. The fourth-order valence-corrected chi connectivity index (χ4v) is 2.04. The van der Waals surface area contributed by atoms with E-state index >= 15 is 0 Å². The zero-order valence-electron chi connectivity index (χ0n) is 10.8. The standard InChI is InChI=1S/C12H25N3O/c1-4-13-10-11(3)12(16)15-8-6-14(5-2)7-9-15/h11,13H,4-10H2,1-3H3. The Morgan fingerprint density at radius 3 is 2.38 bits per heavy atom. The molecule has 0 bridgehead atoms. The normalized spacial score (nSPS) is 19.8. The molecule has 1 saturated heterocycles.